The van der Waals surface area contributed by atoms with Crippen LogP contribution in [0, 0.1) is 17.0 Å². The van der Waals surface area contributed by atoms with Crippen molar-refractivity contribution in [1.82, 2.24) is 20.3 Å². The van der Waals surface area contributed by atoms with E-state index in [1.165, 1.54) is 12.1 Å². The van der Waals surface area contributed by atoms with E-state index in [2.05, 4.69) is 31.2 Å². The van der Waals surface area contributed by atoms with Gasteiger partial charge in [0.05, 0.1) is 30.8 Å². The second-order valence-corrected chi connectivity index (χ2v) is 7.53. The number of rotatable bonds is 8. The second kappa shape index (κ2) is 9.25. The van der Waals surface area contributed by atoms with E-state index < -0.39 is 17.7 Å². The average Bonchev–Trinajstić information content (AvgIpc) is 3.17. The summed E-state index contributed by atoms with van der Waals surface area (Å²) in [6.45, 7) is 2.19. The maximum atomic E-state index is 14.3. The van der Waals surface area contributed by atoms with Crippen LogP contribution in [0.5, 0.6) is 0 Å². The summed E-state index contributed by atoms with van der Waals surface area (Å²) in [5, 5.41) is 11.8. The van der Waals surface area contributed by atoms with Gasteiger partial charge in [0.25, 0.3) is 0 Å². The highest BCUT2D eigenvalue weighted by Crippen LogP contribution is 2.25. The van der Waals surface area contributed by atoms with Gasteiger partial charge in [-0.05, 0) is 25.1 Å². The molecular weight excluding hydrogens is 442 g/mol. The molecule has 2 aromatic carbocycles. The van der Waals surface area contributed by atoms with E-state index in [1.807, 2.05) is 31.2 Å². The van der Waals surface area contributed by atoms with Crippen LogP contribution >= 0.6 is 15.9 Å². The highest BCUT2D eigenvalue weighted by molar-refractivity contribution is 9.10. The SMILES string of the molecule is CC(NCc1ncc(-c2cccc(Br)c2)[nH]1)C(c1ccc(F)cc1F)N(N)C=N. The maximum absolute atomic E-state index is 14.3. The minimum absolute atomic E-state index is 0.201. The van der Waals surface area contributed by atoms with Gasteiger partial charge in [-0.1, -0.05) is 34.1 Å². The molecule has 0 aliphatic rings. The number of hydrazine groups is 1. The molecule has 0 amide bonds. The Balaban J connectivity index is 1.74. The molecule has 2 atom stereocenters. The maximum Gasteiger partial charge on any atom is 0.131 e. The molecule has 5 N–H and O–H groups in total. The van der Waals surface area contributed by atoms with Gasteiger partial charge < -0.3 is 10.3 Å². The van der Waals surface area contributed by atoms with Crippen molar-refractivity contribution in [3.05, 3.63) is 76.2 Å². The quantitative estimate of drug-likeness (QED) is 0.175. The minimum atomic E-state index is -0.712. The summed E-state index contributed by atoms with van der Waals surface area (Å²) >= 11 is 3.45. The summed E-state index contributed by atoms with van der Waals surface area (Å²) < 4.78 is 28.5. The van der Waals surface area contributed by atoms with E-state index in [0.717, 1.165) is 33.1 Å². The molecule has 0 radical (unpaired) electrons. The molecule has 0 spiro atoms. The Kier molecular flexibility index (Phi) is 6.73. The Hall–Kier alpha value is -2.62. The minimum Gasteiger partial charge on any atom is -0.341 e. The molecule has 0 saturated carbocycles. The number of aromatic amines is 1. The van der Waals surface area contributed by atoms with E-state index in [4.69, 9.17) is 11.3 Å². The van der Waals surface area contributed by atoms with Crippen molar-refractivity contribution in [2.24, 2.45) is 5.84 Å². The third kappa shape index (κ3) is 5.06. The van der Waals surface area contributed by atoms with Crippen molar-refractivity contribution in [1.29, 1.82) is 5.41 Å². The zero-order chi connectivity index (χ0) is 21.0. The van der Waals surface area contributed by atoms with Gasteiger partial charge in [-0.2, -0.15) is 0 Å². The highest BCUT2D eigenvalue weighted by Gasteiger charge is 2.26. The molecule has 152 valence electrons. The Morgan fingerprint density at radius 1 is 1.31 bits per heavy atom. The number of H-pyrrole nitrogens is 1. The van der Waals surface area contributed by atoms with Crippen LogP contribution in [0.2, 0.25) is 0 Å². The van der Waals surface area contributed by atoms with Gasteiger partial charge in [0.2, 0.25) is 0 Å². The van der Waals surface area contributed by atoms with Crippen LogP contribution in [0.25, 0.3) is 11.3 Å². The first-order valence-corrected chi connectivity index (χ1v) is 9.70. The number of halogens is 3. The number of imidazole rings is 1. The molecule has 29 heavy (non-hydrogen) atoms. The predicted molar refractivity (Wildman–Crippen MR) is 112 cm³/mol. The van der Waals surface area contributed by atoms with Crippen molar-refractivity contribution in [3.8, 4) is 11.3 Å². The average molecular weight is 463 g/mol. The largest absolute Gasteiger partial charge is 0.341 e. The third-order valence-electron chi connectivity index (χ3n) is 4.58. The number of nitrogens with zero attached hydrogens (tertiary/aromatic N) is 2. The fraction of sp³-hybridized carbons (Fsp3) is 0.200. The lowest BCUT2D eigenvalue weighted by Gasteiger charge is -2.31. The third-order valence-corrected chi connectivity index (χ3v) is 5.07. The van der Waals surface area contributed by atoms with E-state index in [-0.39, 0.29) is 11.6 Å². The number of aromatic nitrogens is 2. The van der Waals surface area contributed by atoms with E-state index in [1.54, 1.807) is 6.20 Å². The van der Waals surface area contributed by atoms with Crippen LogP contribution in [-0.2, 0) is 6.54 Å². The van der Waals surface area contributed by atoms with Gasteiger partial charge in [-0.3, -0.25) is 10.4 Å². The Morgan fingerprint density at radius 3 is 2.79 bits per heavy atom. The van der Waals surface area contributed by atoms with Gasteiger partial charge in [0.1, 0.15) is 17.5 Å². The van der Waals surface area contributed by atoms with Gasteiger partial charge >= 0.3 is 0 Å². The number of nitrogens with two attached hydrogens (primary N) is 1. The van der Waals surface area contributed by atoms with Crippen molar-refractivity contribution in [2.75, 3.05) is 0 Å². The zero-order valence-corrected chi connectivity index (χ0v) is 17.2. The Morgan fingerprint density at radius 2 is 2.10 bits per heavy atom. The fourth-order valence-corrected chi connectivity index (χ4v) is 3.53. The van der Waals surface area contributed by atoms with Crippen LogP contribution < -0.4 is 11.2 Å². The van der Waals surface area contributed by atoms with Crippen LogP contribution in [0.1, 0.15) is 24.4 Å². The first-order chi connectivity index (χ1) is 13.9. The molecule has 2 unspecified atom stereocenters. The topological polar surface area (TPSA) is 93.8 Å². The summed E-state index contributed by atoms with van der Waals surface area (Å²) in [4.78, 5) is 7.62. The summed E-state index contributed by atoms with van der Waals surface area (Å²) in [6, 6.07) is 10.1. The number of nitrogens with one attached hydrogen (secondary N) is 3. The lowest BCUT2D eigenvalue weighted by atomic mass is 9.99. The smallest absolute Gasteiger partial charge is 0.131 e. The molecule has 3 rings (SSSR count). The van der Waals surface area contributed by atoms with Gasteiger partial charge in [-0.25, -0.2) is 19.6 Å². The van der Waals surface area contributed by atoms with Gasteiger partial charge in [-0.15, -0.1) is 0 Å². The molecule has 0 aliphatic carbocycles. The highest BCUT2D eigenvalue weighted by atomic mass is 79.9. The van der Waals surface area contributed by atoms with Crippen molar-refractivity contribution >= 4 is 22.3 Å². The molecule has 1 heterocycles. The fourth-order valence-electron chi connectivity index (χ4n) is 3.13. The number of hydrogen-bond donors (Lipinski definition) is 4. The monoisotopic (exact) mass is 462 g/mol. The molecule has 0 aliphatic heterocycles. The van der Waals surface area contributed by atoms with Crippen LogP contribution in [0.4, 0.5) is 8.78 Å². The first kappa shape index (κ1) is 21.1. The molecule has 9 heteroatoms. The molecular formula is C20H21BrF2N6. The zero-order valence-electron chi connectivity index (χ0n) is 15.7. The summed E-state index contributed by atoms with van der Waals surface area (Å²) in [5.74, 6) is 5.20. The van der Waals surface area contributed by atoms with E-state index in [9.17, 15) is 8.78 Å². The molecule has 6 nitrogen and oxygen atoms in total. The predicted octanol–water partition coefficient (Wildman–Crippen LogP) is 4.12. The molecule has 0 saturated heterocycles. The van der Waals surface area contributed by atoms with Crippen LogP contribution in [-0.4, -0.2) is 27.4 Å². The normalized spacial score (nSPS) is 13.1. The summed E-state index contributed by atoms with van der Waals surface area (Å²) in [5.41, 5.74) is 2.07. The molecule has 1 aromatic heterocycles. The van der Waals surface area contributed by atoms with Crippen molar-refractivity contribution in [3.63, 3.8) is 0 Å². The number of hydrogen-bond acceptors (Lipinski definition) is 4. The number of benzene rings is 2. The standard InChI is InChI=1S/C20H21BrF2N6/c1-12(20(29(25)11-24)16-6-5-15(22)8-17(16)23)26-10-19-27-9-18(28-19)13-3-2-4-14(21)7-13/h2-9,11-12,20,24,26H,10,25H2,1H3,(H,27,28). The molecule has 0 fully saturated rings. The second-order valence-electron chi connectivity index (χ2n) is 6.61. The van der Waals surface area contributed by atoms with E-state index >= 15 is 0 Å². The van der Waals surface area contributed by atoms with Gasteiger partial charge in [0.15, 0.2) is 0 Å². The van der Waals surface area contributed by atoms with Crippen molar-refractivity contribution in [2.45, 2.75) is 25.6 Å². The van der Waals surface area contributed by atoms with Crippen LogP contribution in [0.15, 0.2) is 53.1 Å². The Labute approximate surface area is 175 Å². The Bertz CT molecular complexity index is 993. The molecule has 0 bridgehead atoms. The lowest BCUT2D eigenvalue weighted by molar-refractivity contribution is 0.258. The molecule has 3 aromatic rings. The summed E-state index contributed by atoms with van der Waals surface area (Å²) in [7, 11) is 0. The van der Waals surface area contributed by atoms with Crippen LogP contribution in [0.3, 0.4) is 0 Å². The van der Waals surface area contributed by atoms with Gasteiger partial charge in [0, 0.05) is 27.7 Å². The lowest BCUT2D eigenvalue weighted by Crippen LogP contribution is -2.45. The first-order valence-electron chi connectivity index (χ1n) is 8.91. The van der Waals surface area contributed by atoms with Crippen molar-refractivity contribution < 1.29 is 8.78 Å². The van der Waals surface area contributed by atoms with E-state index in [0.29, 0.717) is 12.4 Å². The summed E-state index contributed by atoms with van der Waals surface area (Å²) in [6.07, 6.45) is 2.65.